The van der Waals surface area contributed by atoms with Crippen LogP contribution in [0.25, 0.3) is 0 Å². The number of nitrogens with two attached hydrogens (primary N) is 1. The van der Waals surface area contributed by atoms with Gasteiger partial charge in [0.2, 0.25) is 0 Å². The van der Waals surface area contributed by atoms with Crippen molar-refractivity contribution in [2.24, 2.45) is 0 Å². The van der Waals surface area contributed by atoms with Gasteiger partial charge in [0.15, 0.2) is 6.10 Å². The van der Waals surface area contributed by atoms with E-state index in [1.807, 2.05) is 29.2 Å². The molecule has 0 radical (unpaired) electrons. The predicted molar refractivity (Wildman–Crippen MR) is 88.1 cm³/mol. The fraction of sp³-hybridized carbons (Fsp3) is 0.278. The molecular formula is C18H20N2O2. The van der Waals surface area contributed by atoms with Crippen molar-refractivity contribution in [3.8, 4) is 5.75 Å². The number of hydrogen-bond donors (Lipinski definition) is 1. The summed E-state index contributed by atoms with van der Waals surface area (Å²) < 4.78 is 5.65. The molecule has 2 N–H and O–H groups in total. The average molecular weight is 296 g/mol. The van der Waals surface area contributed by atoms with Crippen molar-refractivity contribution in [1.82, 2.24) is 0 Å². The summed E-state index contributed by atoms with van der Waals surface area (Å²) in [6, 6.07) is 15.7. The number of benzene rings is 2. The molecule has 1 aliphatic rings. The molecule has 1 aliphatic heterocycles. The van der Waals surface area contributed by atoms with E-state index in [1.165, 1.54) is 5.56 Å². The summed E-state index contributed by atoms with van der Waals surface area (Å²) in [5, 5.41) is 0. The first-order valence-corrected chi connectivity index (χ1v) is 7.56. The molecule has 0 spiro atoms. The highest BCUT2D eigenvalue weighted by atomic mass is 16.5. The minimum absolute atomic E-state index is 0.00494. The quantitative estimate of drug-likeness (QED) is 0.882. The lowest BCUT2D eigenvalue weighted by atomic mass is 10.1. The Morgan fingerprint density at radius 3 is 2.73 bits per heavy atom. The van der Waals surface area contributed by atoms with E-state index < -0.39 is 6.10 Å². The van der Waals surface area contributed by atoms with Crippen molar-refractivity contribution in [3.05, 3.63) is 54.1 Å². The van der Waals surface area contributed by atoms with Gasteiger partial charge in [-0.3, -0.25) is 4.79 Å². The van der Waals surface area contributed by atoms with Crippen LogP contribution >= 0.6 is 0 Å². The molecule has 2 aromatic rings. The van der Waals surface area contributed by atoms with Crippen LogP contribution in [-0.4, -0.2) is 18.6 Å². The maximum absolute atomic E-state index is 12.4. The highest BCUT2D eigenvalue weighted by molar-refractivity contribution is 6.00. The van der Waals surface area contributed by atoms with Crippen molar-refractivity contribution in [3.63, 3.8) is 0 Å². The van der Waals surface area contributed by atoms with E-state index in [1.54, 1.807) is 19.1 Å². The summed E-state index contributed by atoms with van der Waals surface area (Å²) in [5.41, 5.74) is 8.54. The van der Waals surface area contributed by atoms with Crippen LogP contribution in [0.2, 0.25) is 0 Å². The number of aryl methyl sites for hydroxylation is 1. The Balaban J connectivity index is 1.73. The molecule has 1 atom stereocenters. The van der Waals surface area contributed by atoms with E-state index >= 15 is 0 Å². The van der Waals surface area contributed by atoms with Gasteiger partial charge in [-0.25, -0.2) is 0 Å². The predicted octanol–water partition coefficient (Wildman–Crippen LogP) is 3.02. The lowest BCUT2D eigenvalue weighted by Gasteiger charge is -2.33. The van der Waals surface area contributed by atoms with Crippen molar-refractivity contribution in [2.75, 3.05) is 17.2 Å². The van der Waals surface area contributed by atoms with E-state index in [0.29, 0.717) is 18.0 Å². The standard InChI is InChI=1S/C18H20N2O2/c1-13-18(21)20(11-5-8-14-6-3-2-4-7-14)16-10-9-15(19)12-17(16)22-13/h2-4,6-7,9-10,12-13H,5,8,11,19H2,1H3. The van der Waals surface area contributed by atoms with E-state index in [2.05, 4.69) is 12.1 Å². The summed E-state index contributed by atoms with van der Waals surface area (Å²) in [6.45, 7) is 2.46. The Morgan fingerprint density at radius 2 is 1.95 bits per heavy atom. The summed E-state index contributed by atoms with van der Waals surface area (Å²) in [6.07, 6.45) is 1.39. The van der Waals surface area contributed by atoms with Crippen molar-refractivity contribution < 1.29 is 9.53 Å². The molecule has 1 amide bonds. The van der Waals surface area contributed by atoms with Gasteiger partial charge in [0.1, 0.15) is 5.75 Å². The van der Waals surface area contributed by atoms with Crippen LogP contribution in [0.3, 0.4) is 0 Å². The summed E-state index contributed by atoms with van der Waals surface area (Å²) >= 11 is 0. The number of rotatable bonds is 4. The van der Waals surface area contributed by atoms with Gasteiger partial charge in [-0.2, -0.15) is 0 Å². The molecule has 22 heavy (non-hydrogen) atoms. The van der Waals surface area contributed by atoms with Crippen molar-refractivity contribution >= 4 is 17.3 Å². The third-order valence-electron chi connectivity index (χ3n) is 3.88. The Kier molecular flexibility index (Phi) is 4.00. The largest absolute Gasteiger partial charge is 0.479 e. The minimum Gasteiger partial charge on any atom is -0.479 e. The van der Waals surface area contributed by atoms with Crippen LogP contribution in [0.4, 0.5) is 11.4 Å². The molecule has 0 saturated heterocycles. The number of anilines is 2. The van der Waals surface area contributed by atoms with Gasteiger partial charge in [-0.1, -0.05) is 30.3 Å². The molecule has 3 rings (SSSR count). The zero-order valence-electron chi connectivity index (χ0n) is 12.7. The van der Waals surface area contributed by atoms with Crippen LogP contribution in [-0.2, 0) is 11.2 Å². The van der Waals surface area contributed by atoms with Gasteiger partial charge in [-0.05, 0) is 37.5 Å². The van der Waals surface area contributed by atoms with Gasteiger partial charge in [0.05, 0.1) is 5.69 Å². The molecule has 1 heterocycles. The number of amides is 1. The molecule has 0 bridgehead atoms. The highest BCUT2D eigenvalue weighted by Crippen LogP contribution is 2.35. The molecule has 0 saturated carbocycles. The van der Waals surface area contributed by atoms with Gasteiger partial charge >= 0.3 is 0 Å². The van der Waals surface area contributed by atoms with Gasteiger partial charge in [0.25, 0.3) is 5.91 Å². The van der Waals surface area contributed by atoms with Crippen LogP contribution in [0.5, 0.6) is 5.75 Å². The second-order valence-electron chi connectivity index (χ2n) is 5.57. The molecule has 1 unspecified atom stereocenters. The van der Waals surface area contributed by atoms with E-state index in [0.717, 1.165) is 18.5 Å². The maximum atomic E-state index is 12.4. The Morgan fingerprint density at radius 1 is 1.18 bits per heavy atom. The second-order valence-corrected chi connectivity index (χ2v) is 5.57. The molecule has 0 fully saturated rings. The van der Waals surface area contributed by atoms with Crippen molar-refractivity contribution in [2.45, 2.75) is 25.9 Å². The first kappa shape index (κ1) is 14.4. The van der Waals surface area contributed by atoms with Crippen LogP contribution in [0, 0.1) is 0 Å². The number of hydrogen-bond acceptors (Lipinski definition) is 3. The second kappa shape index (κ2) is 6.10. The van der Waals surface area contributed by atoms with Gasteiger partial charge in [0, 0.05) is 18.3 Å². The Hall–Kier alpha value is -2.49. The zero-order chi connectivity index (χ0) is 15.5. The van der Waals surface area contributed by atoms with E-state index in [9.17, 15) is 4.79 Å². The van der Waals surface area contributed by atoms with E-state index in [4.69, 9.17) is 10.5 Å². The fourth-order valence-electron chi connectivity index (χ4n) is 2.74. The topological polar surface area (TPSA) is 55.6 Å². The third-order valence-corrected chi connectivity index (χ3v) is 3.88. The molecule has 0 aromatic heterocycles. The number of ether oxygens (including phenoxy) is 1. The minimum atomic E-state index is -0.467. The first-order chi connectivity index (χ1) is 10.6. The lowest BCUT2D eigenvalue weighted by molar-refractivity contribution is -0.125. The molecule has 114 valence electrons. The Labute approximate surface area is 130 Å². The fourth-order valence-corrected chi connectivity index (χ4v) is 2.74. The third kappa shape index (κ3) is 2.91. The zero-order valence-corrected chi connectivity index (χ0v) is 12.7. The summed E-state index contributed by atoms with van der Waals surface area (Å²) in [7, 11) is 0. The molecular weight excluding hydrogens is 276 g/mol. The number of nitrogen functional groups attached to an aromatic ring is 1. The van der Waals surface area contributed by atoms with Gasteiger partial charge in [-0.15, -0.1) is 0 Å². The summed E-state index contributed by atoms with van der Waals surface area (Å²) in [5.74, 6) is 0.692. The molecule has 4 nitrogen and oxygen atoms in total. The van der Waals surface area contributed by atoms with E-state index in [-0.39, 0.29) is 5.91 Å². The highest BCUT2D eigenvalue weighted by Gasteiger charge is 2.31. The normalized spacial score (nSPS) is 17.0. The average Bonchev–Trinajstić information content (AvgIpc) is 2.52. The van der Waals surface area contributed by atoms with Gasteiger partial charge < -0.3 is 15.4 Å². The SMILES string of the molecule is CC1Oc2cc(N)ccc2N(CCCc2ccccc2)C1=O. The maximum Gasteiger partial charge on any atom is 0.267 e. The summed E-state index contributed by atoms with van der Waals surface area (Å²) in [4.78, 5) is 14.2. The molecule has 0 aliphatic carbocycles. The van der Waals surface area contributed by atoms with Crippen LogP contribution in [0.1, 0.15) is 18.9 Å². The number of nitrogens with zero attached hydrogens (tertiary/aromatic N) is 1. The van der Waals surface area contributed by atoms with Crippen LogP contribution < -0.4 is 15.4 Å². The Bertz CT molecular complexity index is 670. The number of carbonyl (C=O) groups is 1. The lowest BCUT2D eigenvalue weighted by Crippen LogP contribution is -2.45. The number of fused-ring (bicyclic) bond motifs is 1. The van der Waals surface area contributed by atoms with Crippen LogP contribution in [0.15, 0.2) is 48.5 Å². The number of carbonyl (C=O) groups excluding carboxylic acids is 1. The first-order valence-electron chi connectivity index (χ1n) is 7.56. The molecule has 2 aromatic carbocycles. The monoisotopic (exact) mass is 296 g/mol. The molecule has 4 heteroatoms. The smallest absolute Gasteiger partial charge is 0.267 e. The van der Waals surface area contributed by atoms with Crippen molar-refractivity contribution in [1.29, 1.82) is 0 Å².